The average molecular weight is 300 g/mol. The first-order valence-electron chi connectivity index (χ1n) is 4.71. The number of ether oxygens (including phenoxy) is 1. The first-order valence-corrected chi connectivity index (χ1v) is 5.91. The van der Waals surface area contributed by atoms with Crippen LogP contribution in [-0.2, 0) is 0 Å². The third-order valence-electron chi connectivity index (χ3n) is 2.15. The minimum absolute atomic E-state index is 0.164. The Labute approximate surface area is 107 Å². The van der Waals surface area contributed by atoms with Crippen LogP contribution in [0.1, 0.15) is 12.0 Å². The molecule has 4 nitrogen and oxygen atoms in total. The summed E-state index contributed by atoms with van der Waals surface area (Å²) in [6.07, 6.45) is 0.740. The molecule has 0 saturated heterocycles. The maximum Gasteiger partial charge on any atom is 0.184 e. The highest BCUT2D eigenvalue weighted by Crippen LogP contribution is 2.28. The van der Waals surface area contributed by atoms with Crippen molar-refractivity contribution in [3.63, 3.8) is 0 Å². The first kappa shape index (κ1) is 11.3. The van der Waals surface area contributed by atoms with Crippen molar-refractivity contribution in [2.24, 2.45) is 10.8 Å². The Hall–Kier alpha value is -1.14. The number of hydrazone groups is 1. The number of hydrogen-bond acceptors (Lipinski definition) is 3. The molecule has 1 aromatic carbocycles. The van der Waals surface area contributed by atoms with Gasteiger partial charge in [-0.15, -0.1) is 0 Å². The van der Waals surface area contributed by atoms with Crippen molar-refractivity contribution in [2.75, 3.05) is 6.61 Å². The van der Waals surface area contributed by atoms with Gasteiger partial charge in [0.1, 0.15) is 5.75 Å². The van der Waals surface area contributed by atoms with Crippen LogP contribution in [0.5, 0.6) is 5.75 Å². The second kappa shape index (κ2) is 4.80. The second-order valence-electron chi connectivity index (χ2n) is 3.27. The van der Waals surface area contributed by atoms with Crippen molar-refractivity contribution in [2.45, 2.75) is 6.42 Å². The summed E-state index contributed by atoms with van der Waals surface area (Å²) in [5, 5.41) is 4.32. The molecule has 0 radical (unpaired) electrons. The lowest BCUT2D eigenvalue weighted by Gasteiger charge is -2.19. The summed E-state index contributed by atoms with van der Waals surface area (Å²) < 4.78 is 6.52. The summed E-state index contributed by atoms with van der Waals surface area (Å²) >= 11 is 8.10. The fraction of sp³-hybridized carbons (Fsp3) is 0.200. The summed E-state index contributed by atoms with van der Waals surface area (Å²) in [5.41, 5.74) is 9.80. The van der Waals surface area contributed by atoms with Crippen LogP contribution in [0.2, 0.25) is 0 Å². The summed E-state index contributed by atoms with van der Waals surface area (Å²) in [4.78, 5) is 0. The number of thiocarbonyl (C=S) groups is 1. The van der Waals surface area contributed by atoms with E-state index in [1.807, 2.05) is 18.2 Å². The lowest BCUT2D eigenvalue weighted by molar-refractivity contribution is 0.320. The second-order valence-corrected chi connectivity index (χ2v) is 4.63. The van der Waals surface area contributed by atoms with Crippen LogP contribution in [0, 0.1) is 0 Å². The molecule has 16 heavy (non-hydrogen) atoms. The van der Waals surface area contributed by atoms with Gasteiger partial charge in [-0.05, 0) is 30.4 Å². The van der Waals surface area contributed by atoms with Gasteiger partial charge in [-0.2, -0.15) is 5.10 Å². The van der Waals surface area contributed by atoms with Crippen LogP contribution in [0.4, 0.5) is 0 Å². The molecule has 0 aromatic heterocycles. The van der Waals surface area contributed by atoms with E-state index in [-0.39, 0.29) is 5.11 Å². The van der Waals surface area contributed by atoms with Crippen LogP contribution < -0.4 is 15.9 Å². The maximum atomic E-state index is 5.54. The fourth-order valence-corrected chi connectivity index (χ4v) is 1.87. The van der Waals surface area contributed by atoms with Gasteiger partial charge in [0.15, 0.2) is 5.11 Å². The minimum atomic E-state index is 0.164. The molecule has 84 valence electrons. The van der Waals surface area contributed by atoms with Gasteiger partial charge in [-0.1, -0.05) is 15.9 Å². The molecular formula is C10H10BrN3OS. The molecule has 0 amide bonds. The Morgan fingerprint density at radius 3 is 3.12 bits per heavy atom. The Morgan fingerprint density at radius 1 is 1.56 bits per heavy atom. The van der Waals surface area contributed by atoms with Crippen LogP contribution in [0.15, 0.2) is 27.8 Å². The molecule has 1 aromatic rings. The fourth-order valence-electron chi connectivity index (χ4n) is 1.49. The number of nitrogens with two attached hydrogens (primary N) is 1. The number of nitrogens with zero attached hydrogens (tertiary/aromatic N) is 1. The quantitative estimate of drug-likeness (QED) is 0.613. The van der Waals surface area contributed by atoms with E-state index in [1.54, 1.807) is 0 Å². The number of nitrogens with one attached hydrogen (secondary N) is 1. The number of benzene rings is 1. The molecule has 0 atom stereocenters. The van der Waals surface area contributed by atoms with Gasteiger partial charge >= 0.3 is 0 Å². The number of hydrogen-bond donors (Lipinski definition) is 2. The summed E-state index contributed by atoms with van der Waals surface area (Å²) in [7, 11) is 0. The Kier molecular flexibility index (Phi) is 3.40. The van der Waals surface area contributed by atoms with Crippen LogP contribution in [0.25, 0.3) is 0 Å². The summed E-state index contributed by atoms with van der Waals surface area (Å²) in [6, 6.07) is 5.83. The van der Waals surface area contributed by atoms with Gasteiger partial charge in [-0.25, -0.2) is 0 Å². The predicted molar refractivity (Wildman–Crippen MR) is 70.7 cm³/mol. The number of halogens is 1. The molecule has 0 saturated carbocycles. The molecule has 0 fully saturated rings. The van der Waals surface area contributed by atoms with E-state index < -0.39 is 0 Å². The van der Waals surface area contributed by atoms with Crippen LogP contribution >= 0.6 is 28.1 Å². The lowest BCUT2D eigenvalue weighted by atomic mass is 10.0. The Bertz CT molecular complexity index is 461. The van der Waals surface area contributed by atoms with Crippen molar-refractivity contribution in [3.8, 4) is 5.75 Å². The largest absolute Gasteiger partial charge is 0.492 e. The third-order valence-corrected chi connectivity index (χ3v) is 2.74. The zero-order valence-electron chi connectivity index (χ0n) is 8.37. The van der Waals surface area contributed by atoms with E-state index in [0.29, 0.717) is 6.61 Å². The molecule has 0 aliphatic carbocycles. The van der Waals surface area contributed by atoms with E-state index in [0.717, 1.165) is 27.9 Å². The smallest absolute Gasteiger partial charge is 0.184 e. The van der Waals surface area contributed by atoms with Crippen molar-refractivity contribution < 1.29 is 4.74 Å². The highest BCUT2D eigenvalue weighted by atomic mass is 79.9. The summed E-state index contributed by atoms with van der Waals surface area (Å²) in [5.74, 6) is 0.823. The number of rotatable bonds is 1. The minimum Gasteiger partial charge on any atom is -0.492 e. The van der Waals surface area contributed by atoms with E-state index in [2.05, 4.69) is 26.5 Å². The highest BCUT2D eigenvalue weighted by molar-refractivity contribution is 9.10. The predicted octanol–water partition coefficient (Wildman–Crippen LogP) is 1.77. The van der Waals surface area contributed by atoms with Crippen molar-refractivity contribution in [1.29, 1.82) is 0 Å². The molecule has 6 heteroatoms. The number of fused-ring (bicyclic) bond motifs is 1. The Balaban J connectivity index is 2.33. The molecule has 0 bridgehead atoms. The van der Waals surface area contributed by atoms with Crippen molar-refractivity contribution >= 4 is 39.0 Å². The highest BCUT2D eigenvalue weighted by Gasteiger charge is 2.16. The van der Waals surface area contributed by atoms with Gasteiger partial charge < -0.3 is 10.5 Å². The zero-order valence-corrected chi connectivity index (χ0v) is 10.8. The van der Waals surface area contributed by atoms with E-state index >= 15 is 0 Å². The molecular weight excluding hydrogens is 290 g/mol. The SMILES string of the molecule is NC(=S)NN=C1CCOc2cc(Br)ccc21. The molecule has 0 unspecified atom stereocenters. The summed E-state index contributed by atoms with van der Waals surface area (Å²) in [6.45, 7) is 0.612. The monoisotopic (exact) mass is 299 g/mol. The van der Waals surface area contributed by atoms with E-state index in [4.69, 9.17) is 22.7 Å². The molecule has 0 spiro atoms. The van der Waals surface area contributed by atoms with Crippen LogP contribution in [0.3, 0.4) is 0 Å². The zero-order chi connectivity index (χ0) is 11.5. The van der Waals surface area contributed by atoms with Crippen LogP contribution in [-0.4, -0.2) is 17.4 Å². The van der Waals surface area contributed by atoms with Gasteiger partial charge in [0.05, 0.1) is 12.3 Å². The van der Waals surface area contributed by atoms with E-state index in [1.165, 1.54) is 0 Å². The van der Waals surface area contributed by atoms with Gasteiger partial charge in [0, 0.05) is 16.5 Å². The lowest BCUT2D eigenvalue weighted by Crippen LogP contribution is -2.27. The van der Waals surface area contributed by atoms with Gasteiger partial charge in [0.2, 0.25) is 0 Å². The third kappa shape index (κ3) is 2.51. The maximum absolute atomic E-state index is 5.54. The standard InChI is InChI=1S/C10H10BrN3OS/c11-6-1-2-7-8(13-14-10(12)16)3-4-15-9(7)5-6/h1-2,5H,3-4H2,(H3,12,14,16). The topological polar surface area (TPSA) is 59.6 Å². The molecule has 1 heterocycles. The Morgan fingerprint density at radius 2 is 2.38 bits per heavy atom. The first-order chi connectivity index (χ1) is 7.66. The normalized spacial score (nSPS) is 16.4. The molecule has 2 rings (SSSR count). The van der Waals surface area contributed by atoms with Crippen molar-refractivity contribution in [3.05, 3.63) is 28.2 Å². The van der Waals surface area contributed by atoms with Crippen molar-refractivity contribution in [1.82, 2.24) is 5.43 Å². The van der Waals surface area contributed by atoms with Gasteiger partial charge in [0.25, 0.3) is 0 Å². The molecule has 1 aliphatic rings. The molecule has 1 aliphatic heterocycles. The molecule has 3 N–H and O–H groups in total. The average Bonchev–Trinajstić information content (AvgIpc) is 2.25. The van der Waals surface area contributed by atoms with Gasteiger partial charge in [-0.3, -0.25) is 5.43 Å². The van der Waals surface area contributed by atoms with E-state index in [9.17, 15) is 0 Å².